The predicted octanol–water partition coefficient (Wildman–Crippen LogP) is 0.956. The van der Waals surface area contributed by atoms with Crippen molar-refractivity contribution in [2.45, 2.75) is 25.3 Å². The number of tetrazole rings is 1. The quantitative estimate of drug-likeness (QED) is 0.777. The van der Waals surface area contributed by atoms with Crippen LogP contribution in [0.25, 0.3) is 11.0 Å². The van der Waals surface area contributed by atoms with E-state index in [0.29, 0.717) is 6.54 Å². The number of carbonyl (C=O) groups excluding carboxylic acids is 1. The summed E-state index contributed by atoms with van der Waals surface area (Å²) in [7, 11) is 0. The van der Waals surface area contributed by atoms with Crippen LogP contribution >= 0.6 is 0 Å². The molecule has 1 aliphatic rings. The summed E-state index contributed by atoms with van der Waals surface area (Å²) < 4.78 is 1.45. The van der Waals surface area contributed by atoms with Gasteiger partial charge in [-0.2, -0.15) is 0 Å². The van der Waals surface area contributed by atoms with Crippen molar-refractivity contribution >= 4 is 16.9 Å². The second-order valence-corrected chi connectivity index (χ2v) is 5.83. The summed E-state index contributed by atoms with van der Waals surface area (Å²) in [5.41, 5.74) is 2.01. The molecule has 8 nitrogen and oxygen atoms in total. The van der Waals surface area contributed by atoms with Crippen molar-refractivity contribution in [3.8, 4) is 0 Å². The fourth-order valence-corrected chi connectivity index (χ4v) is 3.08. The fraction of sp³-hybridized carbons (Fsp3) is 0.400. The Morgan fingerprint density at radius 1 is 1.35 bits per heavy atom. The highest BCUT2D eigenvalue weighted by Gasteiger charge is 2.26. The zero-order chi connectivity index (χ0) is 15.6. The minimum absolute atomic E-state index is 0.0399. The number of hydrogen-bond acceptors (Lipinski definition) is 5. The topological polar surface area (TPSA) is 92.6 Å². The summed E-state index contributed by atoms with van der Waals surface area (Å²) in [4.78, 5) is 22.3. The van der Waals surface area contributed by atoms with Gasteiger partial charge in [0.2, 0.25) is 5.91 Å². The monoisotopic (exact) mass is 311 g/mol. The zero-order valence-electron chi connectivity index (χ0n) is 12.6. The first kappa shape index (κ1) is 13.9. The molecule has 0 spiro atoms. The molecule has 2 aromatic heterocycles. The summed E-state index contributed by atoms with van der Waals surface area (Å²) in [5.74, 6) is 1.25. The normalized spacial score (nSPS) is 18.4. The lowest BCUT2D eigenvalue weighted by atomic mass is 9.97. The Kier molecular flexibility index (Phi) is 3.49. The van der Waals surface area contributed by atoms with Crippen molar-refractivity contribution in [3.05, 3.63) is 36.4 Å². The number of piperidine rings is 1. The molecule has 1 aromatic carbocycles. The van der Waals surface area contributed by atoms with E-state index in [-0.39, 0.29) is 18.4 Å². The van der Waals surface area contributed by atoms with Gasteiger partial charge in [0.1, 0.15) is 18.7 Å². The van der Waals surface area contributed by atoms with Gasteiger partial charge in [0.25, 0.3) is 0 Å². The summed E-state index contributed by atoms with van der Waals surface area (Å²) >= 11 is 0. The molecule has 1 unspecified atom stereocenters. The van der Waals surface area contributed by atoms with Crippen LogP contribution in [-0.4, -0.2) is 54.1 Å². The van der Waals surface area contributed by atoms with Crippen LogP contribution in [0.2, 0.25) is 0 Å². The molecule has 1 saturated heterocycles. The van der Waals surface area contributed by atoms with Gasteiger partial charge in [-0.15, -0.1) is 5.10 Å². The number of fused-ring (bicyclic) bond motifs is 1. The van der Waals surface area contributed by atoms with Crippen LogP contribution in [0.3, 0.4) is 0 Å². The fourth-order valence-electron chi connectivity index (χ4n) is 3.08. The van der Waals surface area contributed by atoms with Gasteiger partial charge >= 0.3 is 0 Å². The molecule has 23 heavy (non-hydrogen) atoms. The summed E-state index contributed by atoms with van der Waals surface area (Å²) in [6.45, 7) is 1.64. The van der Waals surface area contributed by atoms with E-state index in [1.165, 1.54) is 11.0 Å². The molecule has 4 rings (SSSR count). The maximum absolute atomic E-state index is 12.4. The number of imidazole rings is 1. The van der Waals surface area contributed by atoms with Gasteiger partial charge in [0, 0.05) is 19.0 Å². The number of nitrogens with zero attached hydrogens (tertiary/aromatic N) is 6. The van der Waals surface area contributed by atoms with E-state index in [2.05, 4.69) is 25.5 Å². The van der Waals surface area contributed by atoms with Gasteiger partial charge in [0.05, 0.1) is 11.0 Å². The molecule has 8 heteroatoms. The van der Waals surface area contributed by atoms with Crippen molar-refractivity contribution in [1.29, 1.82) is 0 Å². The maximum Gasteiger partial charge on any atom is 0.244 e. The van der Waals surface area contributed by atoms with Gasteiger partial charge in [-0.3, -0.25) is 4.79 Å². The van der Waals surface area contributed by atoms with E-state index >= 15 is 0 Å². The van der Waals surface area contributed by atoms with Gasteiger partial charge in [-0.05, 0) is 35.4 Å². The Bertz CT molecular complexity index is 777. The van der Waals surface area contributed by atoms with Gasteiger partial charge in [0.15, 0.2) is 0 Å². The molecule has 3 heterocycles. The van der Waals surface area contributed by atoms with E-state index in [1.807, 2.05) is 29.2 Å². The smallest absolute Gasteiger partial charge is 0.244 e. The number of hydrogen-bond donors (Lipinski definition) is 1. The Morgan fingerprint density at radius 3 is 3.09 bits per heavy atom. The van der Waals surface area contributed by atoms with Gasteiger partial charge in [-0.25, -0.2) is 9.67 Å². The lowest BCUT2D eigenvalue weighted by molar-refractivity contribution is -0.133. The first-order chi connectivity index (χ1) is 11.3. The molecule has 0 bridgehead atoms. The third-order valence-corrected chi connectivity index (χ3v) is 4.26. The summed E-state index contributed by atoms with van der Waals surface area (Å²) in [5, 5.41) is 10.9. The van der Waals surface area contributed by atoms with E-state index in [9.17, 15) is 4.79 Å². The average Bonchev–Trinajstić information content (AvgIpc) is 3.24. The standard InChI is InChI=1S/C15H17N7O/c23-14(9-22-10-16-19-20-22)21-7-3-4-11(8-21)15-17-12-5-1-2-6-13(12)18-15/h1-2,5-6,10-11H,3-4,7-9H2,(H,17,18). The molecule has 1 N–H and O–H groups in total. The van der Waals surface area contributed by atoms with E-state index in [4.69, 9.17) is 0 Å². The van der Waals surface area contributed by atoms with Crippen LogP contribution in [0, 0.1) is 0 Å². The van der Waals surface area contributed by atoms with Crippen molar-refractivity contribution in [2.24, 2.45) is 0 Å². The predicted molar refractivity (Wildman–Crippen MR) is 82.5 cm³/mol. The molecule has 0 saturated carbocycles. The molecule has 0 radical (unpaired) electrons. The first-order valence-electron chi connectivity index (χ1n) is 7.73. The van der Waals surface area contributed by atoms with Crippen LogP contribution < -0.4 is 0 Å². The molecule has 3 aromatic rings. The molecular weight excluding hydrogens is 294 g/mol. The number of aromatic amines is 1. The Hall–Kier alpha value is -2.77. The number of amides is 1. The number of benzene rings is 1. The van der Waals surface area contributed by atoms with Crippen LogP contribution in [0.15, 0.2) is 30.6 Å². The van der Waals surface area contributed by atoms with Gasteiger partial charge < -0.3 is 9.88 Å². The SMILES string of the molecule is O=C(Cn1cnnn1)N1CCCC(c2nc3ccccc3[nH]2)C1. The highest BCUT2D eigenvalue weighted by molar-refractivity contribution is 5.76. The minimum Gasteiger partial charge on any atom is -0.342 e. The van der Waals surface area contributed by atoms with Gasteiger partial charge in [-0.1, -0.05) is 12.1 Å². The number of aromatic nitrogens is 6. The van der Waals surface area contributed by atoms with Crippen molar-refractivity contribution in [2.75, 3.05) is 13.1 Å². The van der Waals surface area contributed by atoms with Crippen LogP contribution in [0.5, 0.6) is 0 Å². The third-order valence-electron chi connectivity index (χ3n) is 4.26. The van der Waals surface area contributed by atoms with Crippen molar-refractivity contribution < 1.29 is 4.79 Å². The largest absolute Gasteiger partial charge is 0.342 e. The number of rotatable bonds is 3. The number of H-pyrrole nitrogens is 1. The molecular formula is C15H17N7O. The summed E-state index contributed by atoms with van der Waals surface area (Å²) in [6, 6.07) is 8.00. The molecule has 1 aliphatic heterocycles. The van der Waals surface area contributed by atoms with E-state index in [0.717, 1.165) is 36.2 Å². The lowest BCUT2D eigenvalue weighted by Gasteiger charge is -2.31. The second kappa shape index (κ2) is 5.79. The van der Waals surface area contributed by atoms with E-state index < -0.39 is 0 Å². The Labute approximate surface area is 132 Å². The molecule has 1 fully saturated rings. The number of para-hydroxylation sites is 2. The molecule has 1 atom stereocenters. The van der Waals surface area contributed by atoms with Crippen LogP contribution in [0.4, 0.5) is 0 Å². The zero-order valence-corrected chi connectivity index (χ0v) is 12.6. The van der Waals surface area contributed by atoms with E-state index in [1.54, 1.807) is 0 Å². The second-order valence-electron chi connectivity index (χ2n) is 5.83. The average molecular weight is 311 g/mol. The number of likely N-dealkylation sites (tertiary alicyclic amines) is 1. The minimum atomic E-state index is 0.0399. The maximum atomic E-state index is 12.4. The lowest BCUT2D eigenvalue weighted by Crippen LogP contribution is -2.41. The van der Waals surface area contributed by atoms with Crippen molar-refractivity contribution in [1.82, 2.24) is 35.1 Å². The van der Waals surface area contributed by atoms with Crippen molar-refractivity contribution in [3.63, 3.8) is 0 Å². The highest BCUT2D eigenvalue weighted by Crippen LogP contribution is 2.26. The first-order valence-corrected chi connectivity index (χ1v) is 7.73. The number of nitrogens with one attached hydrogen (secondary N) is 1. The Balaban J connectivity index is 1.49. The Morgan fingerprint density at radius 2 is 2.26 bits per heavy atom. The van der Waals surface area contributed by atoms with Crippen LogP contribution in [0.1, 0.15) is 24.6 Å². The third kappa shape index (κ3) is 2.79. The summed E-state index contributed by atoms with van der Waals surface area (Å²) in [6.07, 6.45) is 3.47. The molecule has 118 valence electrons. The molecule has 0 aliphatic carbocycles. The highest BCUT2D eigenvalue weighted by atomic mass is 16.2. The molecule has 1 amide bonds. The van der Waals surface area contributed by atoms with Crippen LogP contribution in [-0.2, 0) is 11.3 Å². The number of carbonyl (C=O) groups is 1.